The van der Waals surface area contributed by atoms with Crippen LogP contribution in [-0.4, -0.2) is 63.4 Å². The van der Waals surface area contributed by atoms with Crippen molar-refractivity contribution in [2.24, 2.45) is 0 Å². The monoisotopic (exact) mass is 318 g/mol. The Balaban J connectivity index is 1.43. The normalized spacial score (nSPS) is 31.3. The molecule has 128 valence electrons. The Bertz CT molecular complexity index is 555. The molecule has 1 aliphatic carbocycles. The molecule has 4 rings (SSSR count). The van der Waals surface area contributed by atoms with Crippen LogP contribution in [0.25, 0.3) is 0 Å². The molecule has 5 nitrogen and oxygen atoms in total. The van der Waals surface area contributed by atoms with Crippen LogP contribution in [0.1, 0.15) is 55.5 Å². The number of aliphatic hydroxyl groups is 1. The number of H-pyrrole nitrogens is 1. The Kier molecular flexibility index (Phi) is 4.20. The molecule has 0 spiro atoms. The maximum atomic E-state index is 11.3. The van der Waals surface area contributed by atoms with Gasteiger partial charge in [-0.2, -0.15) is 5.10 Å². The fourth-order valence-corrected chi connectivity index (χ4v) is 5.10. The zero-order valence-electron chi connectivity index (χ0n) is 14.4. The van der Waals surface area contributed by atoms with Gasteiger partial charge in [0.25, 0.3) is 0 Å². The molecule has 0 saturated carbocycles. The summed E-state index contributed by atoms with van der Waals surface area (Å²) in [5, 5.41) is 19.1. The van der Waals surface area contributed by atoms with E-state index < -0.39 is 5.60 Å². The topological polar surface area (TPSA) is 55.4 Å². The van der Waals surface area contributed by atoms with Gasteiger partial charge in [0.1, 0.15) is 0 Å². The quantitative estimate of drug-likeness (QED) is 0.887. The lowest BCUT2D eigenvalue weighted by Crippen LogP contribution is -2.62. The van der Waals surface area contributed by atoms with Gasteiger partial charge >= 0.3 is 0 Å². The van der Waals surface area contributed by atoms with E-state index in [2.05, 4.69) is 27.0 Å². The van der Waals surface area contributed by atoms with Crippen molar-refractivity contribution >= 4 is 0 Å². The van der Waals surface area contributed by atoms with Crippen molar-refractivity contribution in [3.63, 3.8) is 0 Å². The Morgan fingerprint density at radius 2 is 2.13 bits per heavy atom. The van der Waals surface area contributed by atoms with Gasteiger partial charge < -0.3 is 5.11 Å². The van der Waals surface area contributed by atoms with Crippen molar-refractivity contribution in [2.75, 3.05) is 26.7 Å². The van der Waals surface area contributed by atoms with Crippen LogP contribution in [0.15, 0.2) is 0 Å². The van der Waals surface area contributed by atoms with Gasteiger partial charge in [0.05, 0.1) is 11.3 Å². The number of piperidine rings is 2. The van der Waals surface area contributed by atoms with Crippen molar-refractivity contribution in [3.05, 3.63) is 17.0 Å². The van der Waals surface area contributed by atoms with Crippen LogP contribution in [-0.2, 0) is 19.4 Å². The van der Waals surface area contributed by atoms with E-state index in [0.717, 1.165) is 45.2 Å². The zero-order chi connectivity index (χ0) is 15.9. The van der Waals surface area contributed by atoms with Crippen LogP contribution in [0.3, 0.4) is 0 Å². The van der Waals surface area contributed by atoms with E-state index in [-0.39, 0.29) is 0 Å². The molecule has 5 heteroatoms. The molecule has 2 atom stereocenters. The summed E-state index contributed by atoms with van der Waals surface area (Å²) in [6.07, 6.45) is 9.34. The molecular weight excluding hydrogens is 288 g/mol. The highest BCUT2D eigenvalue weighted by Gasteiger charge is 2.44. The molecule has 2 saturated heterocycles. The van der Waals surface area contributed by atoms with E-state index in [0.29, 0.717) is 6.04 Å². The van der Waals surface area contributed by atoms with E-state index in [9.17, 15) is 5.11 Å². The Labute approximate surface area is 139 Å². The molecule has 3 aliphatic rings. The molecule has 2 N–H and O–H groups in total. The standard InChI is InChI=1S/C18H30N4O/c1-21(12-16-14-6-4-7-15(14)19-20-16)13-18(23)9-5-11-22-10-3-2-8-17(18)22/h17,23H,2-13H2,1H3,(H,19,20)/t17-,18-/m1/s1. The summed E-state index contributed by atoms with van der Waals surface area (Å²) in [4.78, 5) is 4.82. The molecule has 1 aromatic rings. The molecule has 0 aromatic carbocycles. The third-order valence-corrected chi connectivity index (χ3v) is 6.14. The number of nitrogens with one attached hydrogen (secondary N) is 1. The number of nitrogens with zero attached hydrogens (tertiary/aromatic N) is 3. The van der Waals surface area contributed by atoms with Gasteiger partial charge in [0, 0.05) is 24.8 Å². The van der Waals surface area contributed by atoms with Crippen molar-refractivity contribution in [3.8, 4) is 0 Å². The molecule has 0 unspecified atom stereocenters. The number of fused-ring (bicyclic) bond motifs is 2. The second-order valence-corrected chi connectivity index (χ2v) is 7.91. The molecule has 2 aliphatic heterocycles. The van der Waals surface area contributed by atoms with E-state index in [4.69, 9.17) is 0 Å². The summed E-state index contributed by atoms with van der Waals surface area (Å²) in [5.41, 5.74) is 3.42. The third-order valence-electron chi connectivity index (χ3n) is 6.14. The predicted octanol–water partition coefficient (Wildman–Crippen LogP) is 1.71. The minimum atomic E-state index is -0.549. The van der Waals surface area contributed by atoms with Crippen molar-refractivity contribution in [1.82, 2.24) is 20.0 Å². The van der Waals surface area contributed by atoms with Crippen LogP contribution in [0.2, 0.25) is 0 Å². The van der Waals surface area contributed by atoms with Gasteiger partial charge in [-0.15, -0.1) is 0 Å². The van der Waals surface area contributed by atoms with Gasteiger partial charge in [0.15, 0.2) is 0 Å². The Morgan fingerprint density at radius 3 is 3.04 bits per heavy atom. The lowest BCUT2D eigenvalue weighted by Gasteiger charge is -2.50. The summed E-state index contributed by atoms with van der Waals surface area (Å²) >= 11 is 0. The lowest BCUT2D eigenvalue weighted by atomic mass is 9.79. The number of hydrogen-bond donors (Lipinski definition) is 2. The third kappa shape index (κ3) is 2.94. The second kappa shape index (κ2) is 6.19. The number of likely N-dealkylation sites (N-methyl/N-ethyl adjacent to an activating group) is 1. The Hall–Kier alpha value is -0.910. The van der Waals surface area contributed by atoms with Gasteiger partial charge in [-0.05, 0) is 70.6 Å². The van der Waals surface area contributed by atoms with Crippen LogP contribution >= 0.6 is 0 Å². The lowest BCUT2D eigenvalue weighted by molar-refractivity contribution is -0.107. The summed E-state index contributed by atoms with van der Waals surface area (Å²) in [6.45, 7) is 3.95. The molecule has 2 fully saturated rings. The zero-order valence-corrected chi connectivity index (χ0v) is 14.4. The fourth-order valence-electron chi connectivity index (χ4n) is 5.10. The first kappa shape index (κ1) is 15.6. The largest absolute Gasteiger partial charge is 0.387 e. The summed E-state index contributed by atoms with van der Waals surface area (Å²) in [7, 11) is 2.13. The first-order chi connectivity index (χ1) is 11.2. The van der Waals surface area contributed by atoms with Crippen molar-refractivity contribution in [2.45, 2.75) is 69.6 Å². The molecular formula is C18H30N4O. The first-order valence-electron chi connectivity index (χ1n) is 9.36. The average Bonchev–Trinajstić information content (AvgIpc) is 3.13. The molecule has 0 amide bonds. The van der Waals surface area contributed by atoms with E-state index in [1.165, 1.54) is 49.3 Å². The number of hydrogen-bond acceptors (Lipinski definition) is 4. The average molecular weight is 318 g/mol. The molecule has 1 aromatic heterocycles. The maximum absolute atomic E-state index is 11.3. The number of aromatic nitrogens is 2. The Morgan fingerprint density at radius 1 is 1.26 bits per heavy atom. The molecule has 0 radical (unpaired) electrons. The number of rotatable bonds is 4. The van der Waals surface area contributed by atoms with Crippen molar-refractivity contribution < 1.29 is 5.11 Å². The van der Waals surface area contributed by atoms with Crippen LogP contribution < -0.4 is 0 Å². The highest BCUT2D eigenvalue weighted by atomic mass is 16.3. The van der Waals surface area contributed by atoms with Gasteiger partial charge in [0.2, 0.25) is 0 Å². The molecule has 0 bridgehead atoms. The van der Waals surface area contributed by atoms with Crippen LogP contribution in [0, 0.1) is 0 Å². The molecule has 23 heavy (non-hydrogen) atoms. The molecule has 3 heterocycles. The minimum Gasteiger partial charge on any atom is -0.387 e. The summed E-state index contributed by atoms with van der Waals surface area (Å²) in [6, 6.07) is 0.359. The van der Waals surface area contributed by atoms with E-state index in [1.807, 2.05) is 0 Å². The summed E-state index contributed by atoms with van der Waals surface area (Å²) in [5.74, 6) is 0. The number of aryl methyl sites for hydroxylation is 1. The van der Waals surface area contributed by atoms with Gasteiger partial charge in [-0.1, -0.05) is 6.42 Å². The SMILES string of the molecule is CN(Cc1n[nH]c2c1CCC2)C[C@]1(O)CCCN2CCCC[C@@H]21. The van der Waals surface area contributed by atoms with Gasteiger partial charge in [-0.25, -0.2) is 0 Å². The predicted molar refractivity (Wildman–Crippen MR) is 90.3 cm³/mol. The summed E-state index contributed by atoms with van der Waals surface area (Å²) < 4.78 is 0. The maximum Gasteiger partial charge on any atom is 0.0928 e. The van der Waals surface area contributed by atoms with E-state index >= 15 is 0 Å². The highest BCUT2D eigenvalue weighted by molar-refractivity contribution is 5.29. The second-order valence-electron chi connectivity index (χ2n) is 7.91. The smallest absolute Gasteiger partial charge is 0.0928 e. The minimum absolute atomic E-state index is 0.359. The van der Waals surface area contributed by atoms with E-state index in [1.54, 1.807) is 0 Å². The van der Waals surface area contributed by atoms with Gasteiger partial charge in [-0.3, -0.25) is 14.9 Å². The van der Waals surface area contributed by atoms with Crippen molar-refractivity contribution in [1.29, 1.82) is 0 Å². The van der Waals surface area contributed by atoms with Crippen LogP contribution in [0.4, 0.5) is 0 Å². The fraction of sp³-hybridized carbons (Fsp3) is 0.833. The highest BCUT2D eigenvalue weighted by Crippen LogP contribution is 2.35. The first-order valence-corrected chi connectivity index (χ1v) is 9.36. The number of aromatic amines is 1. The van der Waals surface area contributed by atoms with Crippen LogP contribution in [0.5, 0.6) is 0 Å².